The minimum Gasteiger partial charge on any atom is -0.496 e. The predicted octanol–water partition coefficient (Wildman–Crippen LogP) is 4.78. The van der Waals surface area contributed by atoms with Crippen LogP contribution in [0.25, 0.3) is 16.8 Å². The molecule has 1 saturated heterocycles. The molecule has 150 valence electrons. The van der Waals surface area contributed by atoms with Gasteiger partial charge in [0.1, 0.15) is 5.75 Å². The van der Waals surface area contributed by atoms with Crippen molar-refractivity contribution in [1.82, 2.24) is 4.90 Å². The fraction of sp³-hybridized carbons (Fsp3) is 0.0870. The number of benzene rings is 3. The number of carboxylic acids is 1. The van der Waals surface area contributed by atoms with E-state index >= 15 is 0 Å². The van der Waals surface area contributed by atoms with Crippen LogP contribution < -0.4 is 4.74 Å². The minimum atomic E-state index is -1.02. The summed E-state index contributed by atoms with van der Waals surface area (Å²) in [4.78, 5) is 30.5. The zero-order valence-corrected chi connectivity index (χ0v) is 17.1. The first-order valence-corrected chi connectivity index (χ1v) is 9.95. The van der Waals surface area contributed by atoms with E-state index in [0.717, 1.165) is 16.3 Å². The molecule has 0 bridgehead atoms. The summed E-state index contributed by atoms with van der Waals surface area (Å²) in [7, 11) is 3.25. The summed E-state index contributed by atoms with van der Waals surface area (Å²) in [6, 6.07) is 18.1. The second-order valence-electron chi connectivity index (χ2n) is 6.63. The van der Waals surface area contributed by atoms with Crippen LogP contribution >= 0.6 is 11.8 Å². The number of fused-ring (bicyclic) bond motifs is 1. The molecule has 7 heteroatoms. The standard InChI is InChI=1S/C23H18N2O4S/c1-25-21(26)20(30-23(25)24-16-8-5-7-15(12-16)22(27)28)13-18-17-9-4-3-6-14(17)10-11-19(18)29-2/h3-13H,1-2H3,(H,27,28)/b20-13-,24-23?. The topological polar surface area (TPSA) is 79.2 Å². The molecule has 1 aliphatic heterocycles. The zero-order valence-electron chi connectivity index (χ0n) is 16.3. The molecular formula is C23H18N2O4S. The maximum Gasteiger partial charge on any atom is 0.335 e. The van der Waals surface area contributed by atoms with Gasteiger partial charge in [-0.3, -0.25) is 9.69 Å². The quantitative estimate of drug-likeness (QED) is 0.617. The van der Waals surface area contributed by atoms with Crippen molar-refractivity contribution < 1.29 is 19.4 Å². The number of ether oxygens (including phenoxy) is 1. The van der Waals surface area contributed by atoms with Gasteiger partial charge >= 0.3 is 5.97 Å². The van der Waals surface area contributed by atoms with Gasteiger partial charge in [-0.25, -0.2) is 9.79 Å². The van der Waals surface area contributed by atoms with E-state index in [1.165, 1.54) is 28.8 Å². The highest BCUT2D eigenvalue weighted by molar-refractivity contribution is 8.18. The van der Waals surface area contributed by atoms with Gasteiger partial charge in [0.2, 0.25) is 0 Å². The number of aliphatic imine (C=N–C) groups is 1. The lowest BCUT2D eigenvalue weighted by molar-refractivity contribution is -0.121. The van der Waals surface area contributed by atoms with Crippen LogP contribution in [0.15, 0.2) is 70.6 Å². The Bertz CT molecular complexity index is 1230. The number of carboxylic acid groups (broad SMARTS) is 1. The number of rotatable bonds is 4. The molecule has 4 rings (SSSR count). The van der Waals surface area contributed by atoms with Crippen LogP contribution in [-0.4, -0.2) is 41.2 Å². The Morgan fingerprint density at radius 2 is 1.93 bits per heavy atom. The fourth-order valence-corrected chi connectivity index (χ4v) is 4.17. The largest absolute Gasteiger partial charge is 0.496 e. The summed E-state index contributed by atoms with van der Waals surface area (Å²) in [5, 5.41) is 11.7. The molecule has 1 N–H and O–H groups in total. The second kappa shape index (κ2) is 8.04. The Labute approximate surface area is 177 Å². The van der Waals surface area contributed by atoms with Crippen LogP contribution in [0.1, 0.15) is 15.9 Å². The monoisotopic (exact) mass is 418 g/mol. The number of amidine groups is 1. The molecule has 0 unspecified atom stereocenters. The first-order chi connectivity index (χ1) is 14.5. The van der Waals surface area contributed by atoms with Crippen molar-refractivity contribution in [1.29, 1.82) is 0 Å². The van der Waals surface area contributed by atoms with Crippen LogP contribution in [0.2, 0.25) is 0 Å². The van der Waals surface area contributed by atoms with Gasteiger partial charge in [-0.1, -0.05) is 36.4 Å². The average molecular weight is 418 g/mol. The van der Waals surface area contributed by atoms with Crippen LogP contribution in [0.3, 0.4) is 0 Å². The van der Waals surface area contributed by atoms with E-state index in [9.17, 15) is 9.59 Å². The molecule has 0 spiro atoms. The van der Waals surface area contributed by atoms with Crippen molar-refractivity contribution in [3.63, 3.8) is 0 Å². The van der Waals surface area contributed by atoms with Gasteiger partial charge in [0.15, 0.2) is 5.17 Å². The normalized spacial score (nSPS) is 16.6. The molecule has 1 aliphatic rings. The summed E-state index contributed by atoms with van der Waals surface area (Å²) < 4.78 is 5.52. The van der Waals surface area contributed by atoms with Gasteiger partial charge in [0.25, 0.3) is 5.91 Å². The van der Waals surface area contributed by atoms with E-state index in [1.54, 1.807) is 26.3 Å². The van der Waals surface area contributed by atoms with Crippen molar-refractivity contribution >= 4 is 51.3 Å². The Kier molecular flexibility index (Phi) is 5.29. The Morgan fingerprint density at radius 3 is 2.70 bits per heavy atom. The van der Waals surface area contributed by atoms with Crippen molar-refractivity contribution in [2.45, 2.75) is 0 Å². The molecule has 1 fully saturated rings. The molecule has 3 aromatic carbocycles. The molecule has 30 heavy (non-hydrogen) atoms. The first-order valence-electron chi connectivity index (χ1n) is 9.13. The Morgan fingerprint density at radius 1 is 1.13 bits per heavy atom. The van der Waals surface area contributed by atoms with Crippen molar-refractivity contribution in [3.8, 4) is 5.75 Å². The maximum atomic E-state index is 12.8. The highest BCUT2D eigenvalue weighted by atomic mass is 32.2. The van der Waals surface area contributed by atoms with E-state index in [1.807, 2.05) is 42.5 Å². The molecule has 0 radical (unpaired) electrons. The number of thioether (sulfide) groups is 1. The van der Waals surface area contributed by atoms with Gasteiger partial charge in [0.05, 0.1) is 23.3 Å². The third-order valence-electron chi connectivity index (χ3n) is 4.75. The number of hydrogen-bond acceptors (Lipinski definition) is 5. The molecule has 6 nitrogen and oxygen atoms in total. The first kappa shape index (κ1) is 19.7. The summed E-state index contributed by atoms with van der Waals surface area (Å²) in [6.45, 7) is 0. The summed E-state index contributed by atoms with van der Waals surface area (Å²) in [5.74, 6) is -0.524. The van der Waals surface area contributed by atoms with Crippen molar-refractivity contribution in [2.24, 2.45) is 4.99 Å². The number of carbonyl (C=O) groups excluding carboxylic acids is 1. The number of likely N-dealkylation sites (N-methyl/N-ethyl adjacent to an activating group) is 1. The molecule has 1 amide bonds. The van der Waals surface area contributed by atoms with Gasteiger partial charge in [-0.2, -0.15) is 0 Å². The lowest BCUT2D eigenvalue weighted by Gasteiger charge is -2.09. The van der Waals surface area contributed by atoms with E-state index in [2.05, 4.69) is 4.99 Å². The highest BCUT2D eigenvalue weighted by Gasteiger charge is 2.31. The molecule has 0 aromatic heterocycles. The molecule has 3 aromatic rings. The summed E-state index contributed by atoms with van der Waals surface area (Å²) >= 11 is 1.24. The average Bonchev–Trinajstić information content (AvgIpc) is 3.02. The third-order valence-corrected chi connectivity index (χ3v) is 5.81. The lowest BCUT2D eigenvalue weighted by Crippen LogP contribution is -2.23. The van der Waals surface area contributed by atoms with Crippen LogP contribution in [0.4, 0.5) is 5.69 Å². The summed E-state index contributed by atoms with van der Waals surface area (Å²) in [5.41, 5.74) is 1.44. The van der Waals surface area contributed by atoms with Gasteiger partial charge < -0.3 is 9.84 Å². The zero-order chi connectivity index (χ0) is 21.3. The van der Waals surface area contributed by atoms with E-state index in [0.29, 0.717) is 21.5 Å². The van der Waals surface area contributed by atoms with Crippen LogP contribution in [0.5, 0.6) is 5.75 Å². The number of nitrogens with zero attached hydrogens (tertiary/aromatic N) is 2. The SMILES string of the molecule is COc1ccc2ccccc2c1/C=C1\SC(=Nc2cccc(C(=O)O)c2)N(C)C1=O. The molecule has 0 saturated carbocycles. The molecule has 1 heterocycles. The predicted molar refractivity (Wildman–Crippen MR) is 119 cm³/mol. The van der Waals surface area contributed by atoms with Crippen molar-refractivity contribution in [2.75, 3.05) is 14.2 Å². The van der Waals surface area contributed by atoms with Gasteiger partial charge in [-0.15, -0.1) is 0 Å². The van der Waals surface area contributed by atoms with E-state index in [-0.39, 0.29) is 11.5 Å². The van der Waals surface area contributed by atoms with Gasteiger partial charge in [0, 0.05) is 12.6 Å². The number of aromatic carboxylic acids is 1. The smallest absolute Gasteiger partial charge is 0.335 e. The number of carbonyl (C=O) groups is 2. The molecular weight excluding hydrogens is 400 g/mol. The number of methoxy groups -OCH3 is 1. The van der Waals surface area contributed by atoms with Crippen molar-refractivity contribution in [3.05, 3.63) is 76.7 Å². The molecule has 0 atom stereocenters. The van der Waals surface area contributed by atoms with E-state index in [4.69, 9.17) is 9.84 Å². The minimum absolute atomic E-state index is 0.144. The number of amides is 1. The molecule has 0 aliphatic carbocycles. The lowest BCUT2D eigenvalue weighted by atomic mass is 10.0. The fourth-order valence-electron chi connectivity index (χ4n) is 3.20. The Balaban J connectivity index is 1.75. The number of hydrogen-bond donors (Lipinski definition) is 1. The Hall–Kier alpha value is -3.58. The summed E-state index contributed by atoms with van der Waals surface area (Å²) in [6.07, 6.45) is 1.82. The van der Waals surface area contributed by atoms with Gasteiger partial charge in [-0.05, 0) is 52.9 Å². The maximum absolute atomic E-state index is 12.8. The van der Waals surface area contributed by atoms with E-state index < -0.39 is 5.97 Å². The highest BCUT2D eigenvalue weighted by Crippen LogP contribution is 2.37. The third kappa shape index (κ3) is 3.67. The van der Waals surface area contributed by atoms with Crippen LogP contribution in [0, 0.1) is 0 Å². The van der Waals surface area contributed by atoms with Crippen LogP contribution in [-0.2, 0) is 4.79 Å². The second-order valence-corrected chi connectivity index (χ2v) is 7.64.